The Balaban J connectivity index is 1.89. The molecule has 0 aliphatic carbocycles. The summed E-state index contributed by atoms with van der Waals surface area (Å²) in [5, 5.41) is 6.35. The SMILES string of the molecule is CN1CCC(NC(=O)c2ccc(CN=[N+]=[N-])o2)CC1. The second-order valence-corrected chi connectivity index (χ2v) is 4.71. The Morgan fingerprint density at radius 2 is 2.32 bits per heavy atom. The molecule has 1 aliphatic rings. The Kier molecular flexibility index (Phi) is 4.43. The van der Waals surface area contributed by atoms with Crippen LogP contribution in [0.3, 0.4) is 0 Å². The molecular formula is C12H17N5O2. The summed E-state index contributed by atoms with van der Waals surface area (Å²) in [7, 11) is 2.08. The van der Waals surface area contributed by atoms with E-state index in [1.54, 1.807) is 12.1 Å². The minimum Gasteiger partial charge on any atom is -0.456 e. The van der Waals surface area contributed by atoms with E-state index < -0.39 is 0 Å². The molecule has 102 valence electrons. The quantitative estimate of drug-likeness (QED) is 0.510. The van der Waals surface area contributed by atoms with E-state index in [0.717, 1.165) is 25.9 Å². The Bertz CT molecular complexity index is 484. The highest BCUT2D eigenvalue weighted by molar-refractivity contribution is 5.91. The van der Waals surface area contributed by atoms with Crippen LogP contribution < -0.4 is 5.32 Å². The maximum absolute atomic E-state index is 12.0. The molecule has 1 fully saturated rings. The summed E-state index contributed by atoms with van der Waals surface area (Å²) in [5.74, 6) is 0.551. The molecule has 1 saturated heterocycles. The summed E-state index contributed by atoms with van der Waals surface area (Å²) in [4.78, 5) is 16.8. The van der Waals surface area contributed by atoms with Gasteiger partial charge in [-0.3, -0.25) is 4.79 Å². The summed E-state index contributed by atoms with van der Waals surface area (Å²) in [6, 6.07) is 3.46. The minimum absolute atomic E-state index is 0.123. The molecule has 0 saturated carbocycles. The predicted octanol–water partition coefficient (Wildman–Crippen LogP) is 1.91. The largest absolute Gasteiger partial charge is 0.456 e. The normalized spacial score (nSPS) is 16.9. The van der Waals surface area contributed by atoms with Gasteiger partial charge in [0.2, 0.25) is 0 Å². The van der Waals surface area contributed by atoms with E-state index in [9.17, 15) is 4.79 Å². The molecule has 1 aliphatic heterocycles. The van der Waals surface area contributed by atoms with Crippen LogP contribution >= 0.6 is 0 Å². The van der Waals surface area contributed by atoms with E-state index in [1.165, 1.54) is 0 Å². The number of carbonyl (C=O) groups is 1. The molecule has 7 heteroatoms. The number of nitrogens with zero attached hydrogens (tertiary/aromatic N) is 4. The third kappa shape index (κ3) is 3.74. The Morgan fingerprint density at radius 3 is 3.00 bits per heavy atom. The van der Waals surface area contributed by atoms with E-state index in [2.05, 4.69) is 27.3 Å². The smallest absolute Gasteiger partial charge is 0.287 e. The van der Waals surface area contributed by atoms with Crippen LogP contribution in [0, 0.1) is 0 Å². The van der Waals surface area contributed by atoms with Crippen molar-refractivity contribution in [2.24, 2.45) is 5.11 Å². The van der Waals surface area contributed by atoms with Crippen molar-refractivity contribution in [2.45, 2.75) is 25.4 Å². The van der Waals surface area contributed by atoms with Gasteiger partial charge in [0, 0.05) is 11.0 Å². The van der Waals surface area contributed by atoms with Crippen molar-refractivity contribution in [3.63, 3.8) is 0 Å². The number of rotatable bonds is 4. The fourth-order valence-corrected chi connectivity index (χ4v) is 2.10. The maximum Gasteiger partial charge on any atom is 0.287 e. The van der Waals surface area contributed by atoms with Crippen LogP contribution in [0.25, 0.3) is 10.4 Å². The van der Waals surface area contributed by atoms with Gasteiger partial charge in [0.1, 0.15) is 5.76 Å². The Labute approximate surface area is 111 Å². The van der Waals surface area contributed by atoms with Crippen molar-refractivity contribution >= 4 is 5.91 Å². The number of carbonyl (C=O) groups excluding carboxylic acids is 1. The zero-order valence-corrected chi connectivity index (χ0v) is 10.9. The fourth-order valence-electron chi connectivity index (χ4n) is 2.10. The molecule has 0 aromatic carbocycles. The van der Waals surface area contributed by atoms with Crippen molar-refractivity contribution in [2.75, 3.05) is 20.1 Å². The van der Waals surface area contributed by atoms with Crippen LogP contribution in [0.15, 0.2) is 21.7 Å². The van der Waals surface area contributed by atoms with E-state index in [0.29, 0.717) is 5.76 Å². The molecule has 0 radical (unpaired) electrons. The van der Waals surface area contributed by atoms with E-state index >= 15 is 0 Å². The Morgan fingerprint density at radius 1 is 1.58 bits per heavy atom. The molecule has 0 bridgehead atoms. The van der Waals surface area contributed by atoms with Crippen LogP contribution in [0.1, 0.15) is 29.2 Å². The molecule has 2 heterocycles. The van der Waals surface area contributed by atoms with E-state index in [1.807, 2.05) is 0 Å². The second kappa shape index (κ2) is 6.26. The summed E-state index contributed by atoms with van der Waals surface area (Å²) in [6.07, 6.45) is 1.91. The van der Waals surface area contributed by atoms with Gasteiger partial charge < -0.3 is 14.6 Å². The van der Waals surface area contributed by atoms with Crippen molar-refractivity contribution in [1.82, 2.24) is 10.2 Å². The van der Waals surface area contributed by atoms with Gasteiger partial charge in [0.25, 0.3) is 5.91 Å². The van der Waals surface area contributed by atoms with Gasteiger partial charge in [-0.05, 0) is 50.6 Å². The molecule has 1 aromatic heterocycles. The van der Waals surface area contributed by atoms with Gasteiger partial charge in [-0.15, -0.1) is 0 Å². The number of likely N-dealkylation sites (tertiary alicyclic amines) is 1. The molecule has 0 spiro atoms. The summed E-state index contributed by atoms with van der Waals surface area (Å²) < 4.78 is 5.32. The highest BCUT2D eigenvalue weighted by atomic mass is 16.4. The number of nitrogens with one attached hydrogen (secondary N) is 1. The number of hydrogen-bond acceptors (Lipinski definition) is 4. The molecular weight excluding hydrogens is 246 g/mol. The summed E-state index contributed by atoms with van der Waals surface area (Å²) in [6.45, 7) is 2.11. The van der Waals surface area contributed by atoms with E-state index in [-0.39, 0.29) is 24.3 Å². The van der Waals surface area contributed by atoms with Gasteiger partial charge in [0.15, 0.2) is 5.76 Å². The van der Waals surface area contributed by atoms with Crippen molar-refractivity contribution < 1.29 is 9.21 Å². The number of amides is 1. The Hall–Kier alpha value is -1.98. The molecule has 19 heavy (non-hydrogen) atoms. The molecule has 1 aromatic rings. The number of piperidine rings is 1. The first-order chi connectivity index (χ1) is 9.19. The zero-order valence-electron chi connectivity index (χ0n) is 10.9. The topological polar surface area (TPSA) is 94.2 Å². The average Bonchev–Trinajstić information content (AvgIpc) is 2.88. The minimum atomic E-state index is -0.207. The van der Waals surface area contributed by atoms with Gasteiger partial charge in [-0.2, -0.15) is 0 Å². The fraction of sp³-hybridized carbons (Fsp3) is 0.583. The van der Waals surface area contributed by atoms with Crippen molar-refractivity contribution in [3.8, 4) is 0 Å². The molecule has 2 rings (SSSR count). The van der Waals surface area contributed by atoms with Crippen LogP contribution in [0.5, 0.6) is 0 Å². The predicted molar refractivity (Wildman–Crippen MR) is 69.5 cm³/mol. The first kappa shape index (κ1) is 13.5. The standard InChI is InChI=1S/C12H17N5O2/c1-17-6-4-9(5-7-17)15-12(18)11-3-2-10(19-11)8-14-16-13/h2-3,9H,4-8H2,1H3,(H,15,18). The molecule has 7 nitrogen and oxygen atoms in total. The van der Waals surface area contributed by atoms with Crippen molar-refractivity contribution in [3.05, 3.63) is 34.1 Å². The number of hydrogen-bond donors (Lipinski definition) is 1. The lowest BCUT2D eigenvalue weighted by Gasteiger charge is -2.29. The lowest BCUT2D eigenvalue weighted by Crippen LogP contribution is -2.43. The number of azide groups is 1. The average molecular weight is 263 g/mol. The second-order valence-electron chi connectivity index (χ2n) is 4.71. The highest BCUT2D eigenvalue weighted by Gasteiger charge is 2.20. The van der Waals surface area contributed by atoms with E-state index in [4.69, 9.17) is 9.95 Å². The molecule has 1 N–H and O–H groups in total. The third-order valence-electron chi connectivity index (χ3n) is 3.23. The lowest BCUT2D eigenvalue weighted by atomic mass is 10.1. The zero-order chi connectivity index (χ0) is 13.7. The van der Waals surface area contributed by atoms with Gasteiger partial charge in [-0.1, -0.05) is 5.11 Å². The van der Waals surface area contributed by atoms with Crippen LogP contribution in [0.2, 0.25) is 0 Å². The van der Waals surface area contributed by atoms with Gasteiger partial charge in [-0.25, -0.2) is 0 Å². The third-order valence-corrected chi connectivity index (χ3v) is 3.23. The number of furan rings is 1. The molecule has 0 unspecified atom stereocenters. The van der Waals surface area contributed by atoms with Gasteiger partial charge in [0.05, 0.1) is 6.54 Å². The first-order valence-corrected chi connectivity index (χ1v) is 6.28. The summed E-state index contributed by atoms with van der Waals surface area (Å²) in [5.41, 5.74) is 8.21. The highest BCUT2D eigenvalue weighted by Crippen LogP contribution is 2.12. The molecule has 0 atom stereocenters. The van der Waals surface area contributed by atoms with Crippen LogP contribution in [-0.2, 0) is 6.54 Å². The van der Waals surface area contributed by atoms with Gasteiger partial charge >= 0.3 is 0 Å². The lowest BCUT2D eigenvalue weighted by molar-refractivity contribution is 0.0887. The monoisotopic (exact) mass is 263 g/mol. The van der Waals surface area contributed by atoms with Crippen LogP contribution in [0.4, 0.5) is 0 Å². The molecule has 1 amide bonds. The maximum atomic E-state index is 12.0. The summed E-state index contributed by atoms with van der Waals surface area (Å²) >= 11 is 0. The first-order valence-electron chi connectivity index (χ1n) is 6.28. The van der Waals surface area contributed by atoms with Crippen molar-refractivity contribution in [1.29, 1.82) is 0 Å². The van der Waals surface area contributed by atoms with Crippen LogP contribution in [-0.4, -0.2) is 37.0 Å².